The Morgan fingerprint density at radius 1 is 1.12 bits per heavy atom. The number of methoxy groups -OCH3 is 1. The molecule has 1 N–H and O–H groups in total. The number of Topliss-reactive ketones (excluding diaryl/α,β-unsaturated/α-hetero) is 1. The van der Waals surface area contributed by atoms with Gasteiger partial charge in [0.05, 0.1) is 18.9 Å². The molecule has 170 valence electrons. The van der Waals surface area contributed by atoms with Crippen molar-refractivity contribution in [2.24, 2.45) is 0 Å². The Hall–Kier alpha value is -4.01. The Morgan fingerprint density at radius 2 is 1.88 bits per heavy atom. The first kappa shape index (κ1) is 20.9. The van der Waals surface area contributed by atoms with Gasteiger partial charge in [0.15, 0.2) is 23.0 Å². The number of phenolic OH excluding ortho intramolecular Hbond substituents is 1. The second-order valence-corrected chi connectivity index (χ2v) is 7.95. The van der Waals surface area contributed by atoms with E-state index in [9.17, 15) is 19.5 Å². The van der Waals surface area contributed by atoms with Crippen molar-refractivity contribution < 1.29 is 38.1 Å². The van der Waals surface area contributed by atoms with Gasteiger partial charge in [0.2, 0.25) is 5.75 Å². The van der Waals surface area contributed by atoms with Gasteiger partial charge in [-0.3, -0.25) is 9.59 Å². The van der Waals surface area contributed by atoms with E-state index in [-0.39, 0.29) is 28.7 Å². The molecule has 0 unspecified atom stereocenters. The molecule has 3 aromatic rings. The first-order chi connectivity index (χ1) is 15.8. The van der Waals surface area contributed by atoms with E-state index >= 15 is 0 Å². The molecular weight excluding hydrogens is 432 g/mol. The Balaban J connectivity index is 1.87. The Bertz CT molecular complexity index is 1380. The summed E-state index contributed by atoms with van der Waals surface area (Å²) in [5.41, 5.74) is 0.652. The standard InChI is InChI=1S/C24H20O9/c1-10-6-16(26)32-23-18(10)21(28)19(11(2)25)24-20(23)13(9-17(27)33-24)12-7-14(29-3)22-15(8-12)30-4-5-31-22/h6-8,13,28H,4-5,9H2,1-3H3/t13-/m0/s1. The van der Waals surface area contributed by atoms with Gasteiger partial charge in [0, 0.05) is 17.5 Å². The topological polar surface area (TPSA) is 122 Å². The molecule has 2 aliphatic heterocycles. The average Bonchev–Trinajstić information content (AvgIpc) is 2.76. The van der Waals surface area contributed by atoms with E-state index in [1.807, 2.05) is 0 Å². The molecular formula is C24H20O9. The molecule has 0 saturated carbocycles. The summed E-state index contributed by atoms with van der Waals surface area (Å²) in [7, 11) is 1.49. The molecule has 3 heterocycles. The molecule has 2 aromatic carbocycles. The summed E-state index contributed by atoms with van der Waals surface area (Å²) in [6.45, 7) is 3.62. The molecule has 1 aromatic heterocycles. The second-order valence-electron chi connectivity index (χ2n) is 7.95. The van der Waals surface area contributed by atoms with E-state index in [1.165, 1.54) is 20.1 Å². The molecule has 0 saturated heterocycles. The smallest absolute Gasteiger partial charge is 0.336 e. The van der Waals surface area contributed by atoms with Gasteiger partial charge in [-0.15, -0.1) is 0 Å². The van der Waals surface area contributed by atoms with Crippen molar-refractivity contribution in [3.8, 4) is 28.7 Å². The zero-order chi connectivity index (χ0) is 23.4. The lowest BCUT2D eigenvalue weighted by Gasteiger charge is -2.29. The van der Waals surface area contributed by atoms with Crippen molar-refractivity contribution in [2.75, 3.05) is 20.3 Å². The molecule has 9 heteroatoms. The highest BCUT2D eigenvalue weighted by atomic mass is 16.6. The number of hydrogen-bond donors (Lipinski definition) is 1. The van der Waals surface area contributed by atoms with Crippen molar-refractivity contribution in [2.45, 2.75) is 26.2 Å². The van der Waals surface area contributed by atoms with Crippen molar-refractivity contribution in [3.63, 3.8) is 0 Å². The fourth-order valence-electron chi connectivity index (χ4n) is 4.52. The second kappa shape index (κ2) is 7.54. The maximum atomic E-state index is 12.6. The number of esters is 1. The van der Waals surface area contributed by atoms with Crippen molar-refractivity contribution in [1.82, 2.24) is 0 Å². The summed E-state index contributed by atoms with van der Waals surface area (Å²) in [5.74, 6) is -0.964. The van der Waals surface area contributed by atoms with Crippen LogP contribution in [-0.4, -0.2) is 37.2 Å². The minimum atomic E-state index is -0.669. The molecule has 0 radical (unpaired) electrons. The molecule has 2 aliphatic rings. The summed E-state index contributed by atoms with van der Waals surface area (Å²) in [4.78, 5) is 37.4. The van der Waals surface area contributed by atoms with E-state index in [1.54, 1.807) is 19.1 Å². The van der Waals surface area contributed by atoms with Crippen LogP contribution in [-0.2, 0) is 4.79 Å². The van der Waals surface area contributed by atoms with E-state index < -0.39 is 29.0 Å². The molecule has 0 amide bonds. The lowest BCUT2D eigenvalue weighted by Crippen LogP contribution is -2.24. The van der Waals surface area contributed by atoms with Crippen LogP contribution >= 0.6 is 0 Å². The van der Waals surface area contributed by atoms with Gasteiger partial charge in [0.25, 0.3) is 0 Å². The summed E-state index contributed by atoms with van der Waals surface area (Å²) < 4.78 is 27.8. The molecule has 1 atom stereocenters. The van der Waals surface area contributed by atoms with Crippen LogP contribution in [0.1, 0.15) is 46.3 Å². The van der Waals surface area contributed by atoms with Crippen LogP contribution in [0.5, 0.6) is 28.7 Å². The molecule has 0 spiro atoms. The normalized spacial score (nSPS) is 16.8. The van der Waals surface area contributed by atoms with Crippen molar-refractivity contribution in [1.29, 1.82) is 0 Å². The van der Waals surface area contributed by atoms with Gasteiger partial charge in [-0.1, -0.05) is 0 Å². The lowest BCUT2D eigenvalue weighted by molar-refractivity contribution is -0.135. The zero-order valence-electron chi connectivity index (χ0n) is 18.1. The van der Waals surface area contributed by atoms with Gasteiger partial charge >= 0.3 is 11.6 Å². The SMILES string of the molecule is COc1cc([C@@H]2CC(=O)Oc3c(C(C)=O)c(O)c4c(C)cc(=O)oc4c32)cc2c1OCCO2. The number of ether oxygens (including phenoxy) is 4. The predicted molar refractivity (Wildman–Crippen MR) is 115 cm³/mol. The molecule has 0 aliphatic carbocycles. The van der Waals surface area contributed by atoms with Crippen LogP contribution in [0.2, 0.25) is 0 Å². The third kappa shape index (κ3) is 3.19. The number of ketones is 1. The summed E-state index contributed by atoms with van der Waals surface area (Å²) in [5, 5.41) is 11.1. The first-order valence-electron chi connectivity index (χ1n) is 10.3. The number of hydrogen-bond acceptors (Lipinski definition) is 9. The highest BCUT2D eigenvalue weighted by Gasteiger charge is 2.38. The monoisotopic (exact) mass is 452 g/mol. The quantitative estimate of drug-likeness (QED) is 0.276. The number of phenols is 1. The van der Waals surface area contributed by atoms with Crippen LogP contribution in [0, 0.1) is 6.92 Å². The number of fused-ring (bicyclic) bond motifs is 4. The summed E-state index contributed by atoms with van der Waals surface area (Å²) in [6, 6.07) is 4.67. The molecule has 33 heavy (non-hydrogen) atoms. The van der Waals surface area contributed by atoms with Gasteiger partial charge < -0.3 is 28.5 Å². The van der Waals surface area contributed by atoms with E-state index in [0.717, 1.165) is 0 Å². The number of aromatic hydroxyl groups is 1. The zero-order valence-corrected chi connectivity index (χ0v) is 18.1. The maximum absolute atomic E-state index is 12.6. The maximum Gasteiger partial charge on any atom is 0.336 e. The fraction of sp³-hybridized carbons (Fsp3) is 0.292. The Morgan fingerprint density at radius 3 is 2.61 bits per heavy atom. The molecule has 5 rings (SSSR count). The van der Waals surface area contributed by atoms with Gasteiger partial charge in [-0.05, 0) is 37.1 Å². The molecule has 0 fully saturated rings. The van der Waals surface area contributed by atoms with Gasteiger partial charge in [0.1, 0.15) is 30.1 Å². The van der Waals surface area contributed by atoms with Crippen LogP contribution in [0.15, 0.2) is 27.4 Å². The van der Waals surface area contributed by atoms with Crippen molar-refractivity contribution in [3.05, 3.63) is 50.9 Å². The highest BCUT2D eigenvalue weighted by Crippen LogP contribution is 2.51. The summed E-state index contributed by atoms with van der Waals surface area (Å²) >= 11 is 0. The summed E-state index contributed by atoms with van der Waals surface area (Å²) in [6.07, 6.45) is -0.0926. The fourth-order valence-corrected chi connectivity index (χ4v) is 4.52. The minimum absolute atomic E-state index is 0.0591. The molecule has 9 nitrogen and oxygen atoms in total. The van der Waals surface area contributed by atoms with Crippen LogP contribution in [0.25, 0.3) is 11.0 Å². The lowest BCUT2D eigenvalue weighted by atomic mass is 9.82. The predicted octanol–water partition coefficient (Wildman–Crippen LogP) is 3.23. The third-order valence-corrected chi connectivity index (χ3v) is 5.89. The average molecular weight is 452 g/mol. The highest BCUT2D eigenvalue weighted by molar-refractivity contribution is 6.09. The Kier molecular flexibility index (Phi) is 4.77. The number of carbonyl (C=O) groups is 2. The van der Waals surface area contributed by atoms with E-state index in [4.69, 9.17) is 23.4 Å². The van der Waals surface area contributed by atoms with Crippen molar-refractivity contribution >= 4 is 22.7 Å². The number of aryl methyl sites for hydroxylation is 1. The molecule has 0 bridgehead atoms. The number of carbonyl (C=O) groups excluding carboxylic acids is 2. The van der Waals surface area contributed by atoms with Gasteiger partial charge in [-0.2, -0.15) is 0 Å². The van der Waals surface area contributed by atoms with Crippen LogP contribution in [0.4, 0.5) is 0 Å². The number of rotatable bonds is 3. The van der Waals surface area contributed by atoms with E-state index in [0.29, 0.717) is 47.2 Å². The third-order valence-electron chi connectivity index (χ3n) is 5.89. The van der Waals surface area contributed by atoms with Gasteiger partial charge in [-0.25, -0.2) is 4.79 Å². The Labute approximate surface area is 187 Å². The number of benzene rings is 2. The van der Waals surface area contributed by atoms with Crippen LogP contribution < -0.4 is 24.6 Å². The van der Waals surface area contributed by atoms with Crippen LogP contribution in [0.3, 0.4) is 0 Å². The minimum Gasteiger partial charge on any atom is -0.506 e. The van der Waals surface area contributed by atoms with E-state index in [2.05, 4.69) is 0 Å². The largest absolute Gasteiger partial charge is 0.506 e. The first-order valence-corrected chi connectivity index (χ1v) is 10.3.